The van der Waals surface area contributed by atoms with Crippen molar-refractivity contribution < 1.29 is 80.8 Å². The van der Waals surface area contributed by atoms with E-state index in [0.29, 0.717) is 190 Å². The Hall–Kier alpha value is -2.93. The molecular formula is C41H66ClN3O17. The number of ether oxygens (including phenoxy) is 13. The fourth-order valence-electron chi connectivity index (χ4n) is 5.72. The Morgan fingerprint density at radius 2 is 0.855 bits per heavy atom. The molecule has 1 fully saturated rings. The highest BCUT2D eigenvalue weighted by Gasteiger charge is 2.45. The van der Waals surface area contributed by atoms with Crippen LogP contribution in [0.1, 0.15) is 33.6 Å². The molecule has 0 radical (unpaired) electrons. The van der Waals surface area contributed by atoms with E-state index in [4.69, 9.17) is 73.2 Å². The molecule has 2 aliphatic heterocycles. The first-order valence-electron chi connectivity index (χ1n) is 21.2. The Labute approximate surface area is 368 Å². The minimum absolute atomic E-state index is 0.0630. The number of fused-ring (bicyclic) bond motifs is 1. The summed E-state index contributed by atoms with van der Waals surface area (Å²) in [5.74, 6) is -1.69. The summed E-state index contributed by atoms with van der Waals surface area (Å²) in [6.07, 6.45) is 0.164. The number of nitrogens with one attached hydrogen (secondary N) is 2. The number of alkyl halides is 1. The number of anilines is 1. The van der Waals surface area contributed by atoms with Crippen molar-refractivity contribution in [2.45, 2.75) is 18.9 Å². The van der Waals surface area contributed by atoms with Crippen LogP contribution in [-0.4, -0.2) is 219 Å². The summed E-state index contributed by atoms with van der Waals surface area (Å²) in [5, 5.41) is 5.33. The largest absolute Gasteiger partial charge is 0.382 e. The summed E-state index contributed by atoms with van der Waals surface area (Å²) >= 11 is 5.52. The lowest BCUT2D eigenvalue weighted by Crippen LogP contribution is -2.54. The molecule has 21 heteroatoms. The molecule has 1 aromatic carbocycles. The van der Waals surface area contributed by atoms with Crippen molar-refractivity contribution in [3.05, 3.63) is 29.3 Å². The monoisotopic (exact) mass is 907 g/mol. The van der Waals surface area contributed by atoms with Crippen molar-refractivity contribution in [1.82, 2.24) is 10.2 Å². The molecule has 3 rings (SSSR count). The molecule has 2 aliphatic rings. The lowest BCUT2D eigenvalue weighted by atomic mass is 10.0. The molecule has 0 bridgehead atoms. The number of rotatable bonds is 43. The van der Waals surface area contributed by atoms with Gasteiger partial charge in [0, 0.05) is 24.5 Å². The van der Waals surface area contributed by atoms with Gasteiger partial charge >= 0.3 is 0 Å². The molecule has 2 N–H and O–H groups in total. The van der Waals surface area contributed by atoms with E-state index < -0.39 is 29.7 Å². The number of hydrogen-bond acceptors (Lipinski definition) is 18. The minimum Gasteiger partial charge on any atom is -0.382 e. The summed E-state index contributed by atoms with van der Waals surface area (Å²) in [4.78, 5) is 50.9. The second-order valence-electron chi connectivity index (χ2n) is 13.3. The van der Waals surface area contributed by atoms with Crippen molar-refractivity contribution in [2.24, 2.45) is 0 Å². The van der Waals surface area contributed by atoms with Gasteiger partial charge in [0.2, 0.25) is 11.8 Å². The van der Waals surface area contributed by atoms with Gasteiger partial charge in [0.1, 0.15) is 6.04 Å². The van der Waals surface area contributed by atoms with Crippen LogP contribution in [0.3, 0.4) is 0 Å². The molecule has 4 amide bonds. The first-order chi connectivity index (χ1) is 30.5. The number of benzene rings is 1. The van der Waals surface area contributed by atoms with Crippen molar-refractivity contribution >= 4 is 40.9 Å². The molecular weight excluding hydrogens is 842 g/mol. The summed E-state index contributed by atoms with van der Waals surface area (Å²) in [6.45, 7) is 12.5. The fourth-order valence-corrected chi connectivity index (χ4v) is 5.82. The van der Waals surface area contributed by atoms with E-state index in [9.17, 15) is 19.2 Å². The van der Waals surface area contributed by atoms with Gasteiger partial charge < -0.3 is 66.9 Å². The minimum atomic E-state index is -1.01. The summed E-state index contributed by atoms with van der Waals surface area (Å²) in [7, 11) is 0. The van der Waals surface area contributed by atoms with E-state index in [1.165, 1.54) is 0 Å². The lowest BCUT2D eigenvalue weighted by Gasteiger charge is -2.27. The van der Waals surface area contributed by atoms with E-state index in [2.05, 4.69) is 10.6 Å². The van der Waals surface area contributed by atoms with E-state index >= 15 is 0 Å². The normalized spacial score (nSPS) is 15.2. The topological polar surface area (TPSA) is 216 Å². The summed E-state index contributed by atoms with van der Waals surface area (Å²) < 4.78 is 71.0. The highest BCUT2D eigenvalue weighted by atomic mass is 35.5. The van der Waals surface area contributed by atoms with Crippen molar-refractivity contribution in [1.29, 1.82) is 0 Å². The van der Waals surface area contributed by atoms with Crippen LogP contribution < -0.4 is 10.6 Å². The van der Waals surface area contributed by atoms with Gasteiger partial charge in [0.25, 0.3) is 11.8 Å². The van der Waals surface area contributed by atoms with Gasteiger partial charge in [-0.1, -0.05) is 6.07 Å². The molecule has 0 aliphatic carbocycles. The second-order valence-corrected chi connectivity index (χ2v) is 13.6. The first-order valence-corrected chi connectivity index (χ1v) is 21.7. The van der Waals surface area contributed by atoms with Crippen LogP contribution in [0.25, 0.3) is 0 Å². The Balaban J connectivity index is 0.963. The number of imide groups is 2. The SMILES string of the molecule is O=C1CCC(N2C(=O)c3cccc(NCCOCCOCCOCCOCCOCCOCCOCCOCCOCCOCCOCCOCCOCCCl)c3C2=O)C(=O)N1. The highest BCUT2D eigenvalue weighted by Crippen LogP contribution is 2.32. The number of hydrogen-bond donors (Lipinski definition) is 2. The standard InChI is InChI=1S/C41H66ClN3O17/c42-6-8-50-10-12-52-14-16-54-18-20-56-22-24-58-26-28-60-30-32-62-33-31-61-29-27-59-25-23-57-21-19-55-17-15-53-13-11-51-9-7-43-35-3-1-2-34-38(35)41(49)45(40(34)48)36-4-5-37(46)44-39(36)47/h1-3,36,43H,4-33H2,(H,44,46,47). The average Bonchev–Trinajstić information content (AvgIpc) is 3.52. The zero-order chi connectivity index (χ0) is 44.1. The van der Waals surface area contributed by atoms with Crippen LogP contribution >= 0.6 is 11.6 Å². The zero-order valence-electron chi connectivity index (χ0n) is 35.8. The molecule has 1 aromatic rings. The quantitative estimate of drug-likeness (QED) is 0.0530. The molecule has 354 valence electrons. The number of carbonyl (C=O) groups is 4. The van der Waals surface area contributed by atoms with Crippen LogP contribution in [0.15, 0.2) is 18.2 Å². The van der Waals surface area contributed by atoms with Crippen molar-refractivity contribution in [2.75, 3.05) is 190 Å². The van der Waals surface area contributed by atoms with Gasteiger partial charge in [-0.15, -0.1) is 11.6 Å². The molecule has 0 spiro atoms. The number of nitrogens with zero attached hydrogens (tertiary/aromatic N) is 1. The van der Waals surface area contributed by atoms with E-state index in [0.717, 1.165) is 4.90 Å². The van der Waals surface area contributed by atoms with Gasteiger partial charge in [0.05, 0.1) is 183 Å². The van der Waals surface area contributed by atoms with E-state index in [1.807, 2.05) is 0 Å². The second kappa shape index (κ2) is 36.4. The van der Waals surface area contributed by atoms with Gasteiger partial charge in [-0.25, -0.2) is 0 Å². The molecule has 20 nitrogen and oxygen atoms in total. The Morgan fingerprint density at radius 3 is 1.21 bits per heavy atom. The number of halogens is 1. The van der Waals surface area contributed by atoms with Crippen LogP contribution in [0.2, 0.25) is 0 Å². The van der Waals surface area contributed by atoms with Gasteiger partial charge in [0.15, 0.2) is 0 Å². The van der Waals surface area contributed by atoms with Crippen molar-refractivity contribution in [3.63, 3.8) is 0 Å². The third-order valence-electron chi connectivity index (χ3n) is 8.72. The maximum atomic E-state index is 13.2. The average molecular weight is 908 g/mol. The summed E-state index contributed by atoms with van der Waals surface area (Å²) in [5.41, 5.74) is 0.899. The summed E-state index contributed by atoms with van der Waals surface area (Å²) in [6, 6.07) is 3.90. The maximum Gasteiger partial charge on any atom is 0.264 e. The van der Waals surface area contributed by atoms with E-state index in [-0.39, 0.29) is 24.0 Å². The number of carbonyl (C=O) groups excluding carboxylic acids is 4. The maximum absolute atomic E-state index is 13.2. The Kier molecular flexibility index (Phi) is 31.4. The van der Waals surface area contributed by atoms with Crippen LogP contribution in [0.5, 0.6) is 0 Å². The van der Waals surface area contributed by atoms with Crippen LogP contribution in [0.4, 0.5) is 5.69 Å². The molecule has 62 heavy (non-hydrogen) atoms. The number of piperidine rings is 1. The Bertz CT molecular complexity index is 1370. The molecule has 2 heterocycles. The molecule has 1 saturated heterocycles. The van der Waals surface area contributed by atoms with Gasteiger partial charge in [-0.3, -0.25) is 29.4 Å². The third-order valence-corrected chi connectivity index (χ3v) is 8.87. The Morgan fingerprint density at radius 1 is 0.500 bits per heavy atom. The first kappa shape index (κ1) is 53.4. The van der Waals surface area contributed by atoms with Gasteiger partial charge in [-0.05, 0) is 18.6 Å². The molecule has 1 atom stereocenters. The molecule has 1 unspecified atom stereocenters. The van der Waals surface area contributed by atoms with E-state index in [1.54, 1.807) is 18.2 Å². The number of amides is 4. The van der Waals surface area contributed by atoms with Gasteiger partial charge in [-0.2, -0.15) is 0 Å². The predicted octanol–water partition coefficient (Wildman–Crippen LogP) is 0.954. The molecule has 0 aromatic heterocycles. The smallest absolute Gasteiger partial charge is 0.264 e. The molecule has 0 saturated carbocycles. The fraction of sp³-hybridized carbons (Fsp3) is 0.756. The zero-order valence-corrected chi connectivity index (χ0v) is 36.5. The predicted molar refractivity (Wildman–Crippen MR) is 223 cm³/mol. The highest BCUT2D eigenvalue weighted by molar-refractivity contribution is 6.25. The van der Waals surface area contributed by atoms with Crippen LogP contribution in [-0.2, 0) is 71.2 Å². The van der Waals surface area contributed by atoms with Crippen molar-refractivity contribution in [3.8, 4) is 0 Å². The third kappa shape index (κ3) is 23.7. The van der Waals surface area contributed by atoms with Crippen LogP contribution in [0, 0.1) is 0 Å². The lowest BCUT2D eigenvalue weighted by molar-refractivity contribution is -0.136.